The molecule has 2 heterocycles. The molecule has 0 unspecified atom stereocenters. The monoisotopic (exact) mass is 412 g/mol. The maximum atomic E-state index is 13.2. The van der Waals surface area contributed by atoms with Gasteiger partial charge >= 0.3 is 0 Å². The highest BCUT2D eigenvalue weighted by Gasteiger charge is 2.18. The summed E-state index contributed by atoms with van der Waals surface area (Å²) in [5.74, 6) is 0.190. The maximum Gasteiger partial charge on any atom is 0.278 e. The van der Waals surface area contributed by atoms with Crippen LogP contribution in [0.2, 0.25) is 0 Å². The average molecular weight is 413 g/mol. The number of hydrogen-bond donors (Lipinski definition) is 1. The molecular weight excluding hydrogens is 384 g/mol. The van der Waals surface area contributed by atoms with Crippen LogP contribution in [0.25, 0.3) is 11.0 Å². The van der Waals surface area contributed by atoms with E-state index in [1.165, 1.54) is 17.3 Å². The van der Waals surface area contributed by atoms with E-state index in [0.29, 0.717) is 35.2 Å². The van der Waals surface area contributed by atoms with Crippen LogP contribution in [0.3, 0.4) is 0 Å². The van der Waals surface area contributed by atoms with E-state index < -0.39 is 0 Å². The van der Waals surface area contributed by atoms with E-state index in [4.69, 9.17) is 0 Å². The third kappa shape index (κ3) is 4.72. The number of nitrogens with zero attached hydrogens (tertiary/aromatic N) is 3. The minimum atomic E-state index is -0.130. The molecular formula is C22H28N4O2S. The zero-order chi connectivity index (χ0) is 21.1. The van der Waals surface area contributed by atoms with Gasteiger partial charge in [-0.05, 0) is 37.7 Å². The number of thioether (sulfide) groups is 1. The number of carbonyl (C=O) groups is 1. The molecule has 1 amide bonds. The summed E-state index contributed by atoms with van der Waals surface area (Å²) in [5, 5.41) is 3.65. The van der Waals surface area contributed by atoms with Crippen LogP contribution in [0, 0.1) is 19.8 Å². The first kappa shape index (κ1) is 21.2. The van der Waals surface area contributed by atoms with Crippen LogP contribution < -0.4 is 10.9 Å². The molecule has 0 atom stereocenters. The minimum absolute atomic E-state index is 0.0903. The second kappa shape index (κ2) is 8.86. The van der Waals surface area contributed by atoms with Crippen molar-refractivity contribution in [3.8, 4) is 0 Å². The normalized spacial score (nSPS) is 11.4. The third-order valence-corrected chi connectivity index (χ3v) is 5.50. The Morgan fingerprint density at radius 2 is 1.86 bits per heavy atom. The Labute approximate surface area is 175 Å². The Morgan fingerprint density at radius 3 is 2.48 bits per heavy atom. The molecule has 2 aromatic heterocycles. The van der Waals surface area contributed by atoms with Crippen molar-refractivity contribution in [1.29, 1.82) is 0 Å². The maximum absolute atomic E-state index is 13.2. The van der Waals surface area contributed by atoms with E-state index in [0.717, 1.165) is 11.3 Å². The van der Waals surface area contributed by atoms with Crippen LogP contribution in [-0.2, 0) is 24.4 Å². The van der Waals surface area contributed by atoms with Gasteiger partial charge in [-0.1, -0.05) is 55.4 Å². The smallest absolute Gasteiger partial charge is 0.278 e. The van der Waals surface area contributed by atoms with E-state index >= 15 is 0 Å². The number of fused-ring (bicyclic) bond motifs is 1. The number of rotatable bonds is 7. The molecule has 0 saturated carbocycles. The molecule has 6 nitrogen and oxygen atoms in total. The molecule has 0 aliphatic rings. The van der Waals surface area contributed by atoms with Gasteiger partial charge in [-0.2, -0.15) is 0 Å². The molecule has 154 valence electrons. The van der Waals surface area contributed by atoms with Gasteiger partial charge in [-0.15, -0.1) is 0 Å². The van der Waals surface area contributed by atoms with E-state index in [2.05, 4.69) is 24.1 Å². The first-order chi connectivity index (χ1) is 13.8. The van der Waals surface area contributed by atoms with Crippen LogP contribution in [-0.4, -0.2) is 26.3 Å². The second-order valence-corrected chi connectivity index (χ2v) is 8.55. The lowest BCUT2D eigenvalue weighted by molar-refractivity contribution is -0.121. The average Bonchev–Trinajstić information content (AvgIpc) is 2.98. The van der Waals surface area contributed by atoms with Gasteiger partial charge in [0, 0.05) is 18.8 Å². The summed E-state index contributed by atoms with van der Waals surface area (Å²) in [4.78, 5) is 30.5. The zero-order valence-corrected chi connectivity index (χ0v) is 18.5. The fourth-order valence-electron chi connectivity index (χ4n) is 3.34. The van der Waals surface area contributed by atoms with Gasteiger partial charge in [0.15, 0.2) is 5.16 Å². The molecule has 3 aromatic rings. The Kier molecular flexibility index (Phi) is 6.47. The van der Waals surface area contributed by atoms with Gasteiger partial charge in [0.1, 0.15) is 12.1 Å². The highest BCUT2D eigenvalue weighted by atomic mass is 32.2. The van der Waals surface area contributed by atoms with Crippen molar-refractivity contribution in [3.63, 3.8) is 0 Å². The summed E-state index contributed by atoms with van der Waals surface area (Å²) in [6.45, 7) is 9.24. The lowest BCUT2D eigenvalue weighted by Crippen LogP contribution is -2.30. The van der Waals surface area contributed by atoms with Gasteiger partial charge in [0.2, 0.25) is 5.91 Å². The molecule has 0 bridgehead atoms. The molecule has 0 saturated heterocycles. The van der Waals surface area contributed by atoms with Crippen molar-refractivity contribution in [2.24, 2.45) is 5.92 Å². The van der Waals surface area contributed by atoms with E-state index in [-0.39, 0.29) is 18.0 Å². The fourth-order valence-corrected chi connectivity index (χ4v) is 3.91. The Bertz CT molecular complexity index is 1080. The van der Waals surface area contributed by atoms with Crippen molar-refractivity contribution in [2.75, 3.05) is 6.26 Å². The number of benzene rings is 1. The van der Waals surface area contributed by atoms with Gasteiger partial charge in [-0.3, -0.25) is 14.2 Å². The van der Waals surface area contributed by atoms with E-state index in [1.54, 1.807) is 9.13 Å². The standard InChI is InChI=1S/C22H28N4O2S/c1-14(2)12-26-21(28)20-18(24-22(26)29-5)10-16(4)25(20)13-19(27)23-11-17-8-6-15(3)7-9-17/h6-10,14H,11-13H2,1-5H3,(H,23,27). The molecule has 3 rings (SSSR count). The second-order valence-electron chi connectivity index (χ2n) is 7.78. The molecule has 1 aromatic carbocycles. The third-order valence-electron chi connectivity index (χ3n) is 4.82. The summed E-state index contributed by atoms with van der Waals surface area (Å²) in [6, 6.07) is 9.94. The summed E-state index contributed by atoms with van der Waals surface area (Å²) < 4.78 is 3.49. The van der Waals surface area contributed by atoms with Gasteiger partial charge in [0.25, 0.3) is 5.56 Å². The highest BCUT2D eigenvalue weighted by molar-refractivity contribution is 7.98. The fraction of sp³-hybridized carbons (Fsp3) is 0.409. The van der Waals surface area contributed by atoms with Crippen LogP contribution in [0.5, 0.6) is 0 Å². The van der Waals surface area contributed by atoms with E-state index in [1.807, 2.05) is 50.4 Å². The first-order valence-electron chi connectivity index (χ1n) is 9.77. The van der Waals surface area contributed by atoms with Crippen molar-refractivity contribution in [2.45, 2.75) is 52.5 Å². The first-order valence-corrected chi connectivity index (χ1v) is 11.0. The van der Waals surface area contributed by atoms with Crippen molar-refractivity contribution in [1.82, 2.24) is 19.4 Å². The summed E-state index contributed by atoms with van der Waals surface area (Å²) in [6.07, 6.45) is 1.92. The quantitative estimate of drug-likeness (QED) is 0.476. The largest absolute Gasteiger partial charge is 0.350 e. The van der Waals surface area contributed by atoms with Crippen LogP contribution in [0.15, 0.2) is 40.3 Å². The van der Waals surface area contributed by atoms with Crippen molar-refractivity contribution in [3.05, 3.63) is 57.5 Å². The molecule has 0 radical (unpaired) electrons. The minimum Gasteiger partial charge on any atom is -0.350 e. The summed E-state index contributed by atoms with van der Waals surface area (Å²) >= 11 is 1.47. The molecule has 0 aliphatic heterocycles. The van der Waals surface area contributed by atoms with Gasteiger partial charge < -0.3 is 9.88 Å². The van der Waals surface area contributed by atoms with E-state index in [9.17, 15) is 9.59 Å². The lowest BCUT2D eigenvalue weighted by Gasteiger charge is -2.14. The SMILES string of the molecule is CSc1nc2cc(C)n(CC(=O)NCc3ccc(C)cc3)c2c(=O)n1CC(C)C. The Morgan fingerprint density at radius 1 is 1.17 bits per heavy atom. The lowest BCUT2D eigenvalue weighted by atomic mass is 10.1. The van der Waals surface area contributed by atoms with Gasteiger partial charge in [-0.25, -0.2) is 4.98 Å². The highest BCUT2D eigenvalue weighted by Crippen LogP contribution is 2.20. The van der Waals surface area contributed by atoms with Crippen molar-refractivity contribution >= 4 is 28.7 Å². The van der Waals surface area contributed by atoms with Crippen LogP contribution >= 0.6 is 11.8 Å². The number of aromatic nitrogens is 3. The predicted octanol–water partition coefficient (Wildman–Crippen LogP) is 3.51. The Hall–Kier alpha value is -2.54. The van der Waals surface area contributed by atoms with Gasteiger partial charge in [0.05, 0.1) is 5.52 Å². The van der Waals surface area contributed by atoms with Crippen molar-refractivity contribution < 1.29 is 4.79 Å². The predicted molar refractivity (Wildman–Crippen MR) is 118 cm³/mol. The molecule has 7 heteroatoms. The van der Waals surface area contributed by atoms with Crippen LogP contribution in [0.1, 0.15) is 30.7 Å². The molecule has 0 aliphatic carbocycles. The molecule has 1 N–H and O–H groups in total. The number of carbonyl (C=O) groups excluding carboxylic acids is 1. The number of nitrogens with one attached hydrogen (secondary N) is 1. The molecule has 0 fully saturated rings. The van der Waals surface area contributed by atoms with Crippen LogP contribution in [0.4, 0.5) is 0 Å². The topological polar surface area (TPSA) is 68.9 Å². The zero-order valence-electron chi connectivity index (χ0n) is 17.7. The number of aryl methyl sites for hydroxylation is 2. The summed E-state index contributed by atoms with van der Waals surface area (Å²) in [5.41, 5.74) is 4.12. The summed E-state index contributed by atoms with van der Waals surface area (Å²) in [7, 11) is 0. The Balaban J connectivity index is 1.88. The number of hydrogen-bond acceptors (Lipinski definition) is 4. The molecule has 0 spiro atoms. The number of amides is 1. The molecule has 29 heavy (non-hydrogen) atoms.